The van der Waals surface area contributed by atoms with Gasteiger partial charge in [-0.1, -0.05) is 0 Å². The Morgan fingerprint density at radius 2 is 2.46 bits per heavy atom. The molecule has 1 aromatic heterocycles. The smallest absolute Gasteiger partial charge is 0.0968 e. The molecule has 0 fully saturated rings. The number of hydrogen-bond acceptors (Lipinski definition) is 3. The fraction of sp³-hybridized carbons (Fsp3) is 0.625. The van der Waals surface area contributed by atoms with E-state index in [0.29, 0.717) is 13.2 Å². The molecule has 0 aliphatic heterocycles. The zero-order chi connectivity index (χ0) is 9.84. The fourth-order valence-electron chi connectivity index (χ4n) is 1.05. The van der Waals surface area contributed by atoms with Crippen LogP contribution >= 0.6 is 15.9 Å². The zero-order valence-corrected chi connectivity index (χ0v) is 9.28. The highest BCUT2D eigenvalue weighted by Gasteiger charge is 2.07. The lowest BCUT2D eigenvalue weighted by Gasteiger charge is -2.08. The first-order chi connectivity index (χ1) is 6.13. The summed E-state index contributed by atoms with van der Waals surface area (Å²) in [6, 6.07) is 0. The van der Waals surface area contributed by atoms with Gasteiger partial charge in [0, 0.05) is 13.3 Å². The van der Waals surface area contributed by atoms with Crippen LogP contribution in [0.3, 0.4) is 0 Å². The molecular weight excluding hydrogens is 236 g/mol. The van der Waals surface area contributed by atoms with Crippen molar-refractivity contribution in [3.05, 3.63) is 16.4 Å². The predicted octanol–water partition coefficient (Wildman–Crippen LogP) is 0.961. The van der Waals surface area contributed by atoms with Crippen LogP contribution in [0.15, 0.2) is 10.7 Å². The minimum Gasteiger partial charge on any atom is -0.389 e. The molecule has 1 N–H and O–H groups in total. The SMILES string of the molecule is COC[C@H](O)Cn1cc(Br)c(C)n1. The number of methoxy groups -OCH3 is 1. The van der Waals surface area contributed by atoms with E-state index in [4.69, 9.17) is 4.74 Å². The van der Waals surface area contributed by atoms with Crippen LogP contribution in [0.1, 0.15) is 5.69 Å². The summed E-state index contributed by atoms with van der Waals surface area (Å²) in [6.45, 7) is 2.69. The second-order valence-corrected chi connectivity index (χ2v) is 3.75. The summed E-state index contributed by atoms with van der Waals surface area (Å²) in [5.74, 6) is 0. The first-order valence-corrected chi connectivity index (χ1v) is 4.79. The molecule has 13 heavy (non-hydrogen) atoms. The Balaban J connectivity index is 2.53. The highest BCUT2D eigenvalue weighted by molar-refractivity contribution is 9.10. The van der Waals surface area contributed by atoms with Crippen molar-refractivity contribution in [2.45, 2.75) is 19.6 Å². The third-order valence-corrected chi connectivity index (χ3v) is 2.42. The Morgan fingerprint density at radius 1 is 1.77 bits per heavy atom. The topological polar surface area (TPSA) is 47.3 Å². The molecule has 74 valence electrons. The Hall–Kier alpha value is -0.390. The van der Waals surface area contributed by atoms with E-state index in [1.165, 1.54) is 0 Å². The largest absolute Gasteiger partial charge is 0.389 e. The van der Waals surface area contributed by atoms with Crippen molar-refractivity contribution in [3.8, 4) is 0 Å². The van der Waals surface area contributed by atoms with Gasteiger partial charge < -0.3 is 9.84 Å². The van der Waals surface area contributed by atoms with Crippen LogP contribution in [0.4, 0.5) is 0 Å². The van der Waals surface area contributed by atoms with Crippen molar-refractivity contribution in [2.75, 3.05) is 13.7 Å². The molecule has 1 heterocycles. The van der Waals surface area contributed by atoms with Crippen molar-refractivity contribution in [1.82, 2.24) is 9.78 Å². The summed E-state index contributed by atoms with van der Waals surface area (Å²) < 4.78 is 7.46. The van der Waals surface area contributed by atoms with E-state index in [1.807, 2.05) is 13.1 Å². The molecule has 0 saturated carbocycles. The fourth-order valence-corrected chi connectivity index (χ4v) is 1.36. The molecule has 4 nitrogen and oxygen atoms in total. The van der Waals surface area contributed by atoms with Crippen molar-refractivity contribution < 1.29 is 9.84 Å². The third kappa shape index (κ3) is 3.10. The van der Waals surface area contributed by atoms with Crippen LogP contribution in [-0.4, -0.2) is 34.7 Å². The molecule has 1 aromatic rings. The number of halogens is 1. The first kappa shape index (κ1) is 10.7. The van der Waals surface area contributed by atoms with Gasteiger partial charge in [-0.3, -0.25) is 4.68 Å². The van der Waals surface area contributed by atoms with Crippen molar-refractivity contribution >= 4 is 15.9 Å². The number of aryl methyl sites for hydroxylation is 1. The second-order valence-electron chi connectivity index (χ2n) is 2.89. The summed E-state index contributed by atoms with van der Waals surface area (Å²) in [5.41, 5.74) is 0.921. The number of rotatable bonds is 4. The second kappa shape index (κ2) is 4.74. The zero-order valence-electron chi connectivity index (χ0n) is 7.70. The molecular formula is C8H13BrN2O2. The molecule has 0 aliphatic carbocycles. The van der Waals surface area contributed by atoms with Crippen molar-refractivity contribution in [3.63, 3.8) is 0 Å². The molecule has 0 bridgehead atoms. The van der Waals surface area contributed by atoms with Gasteiger partial charge >= 0.3 is 0 Å². The van der Waals surface area contributed by atoms with E-state index in [9.17, 15) is 5.11 Å². The van der Waals surface area contributed by atoms with Crippen molar-refractivity contribution in [2.24, 2.45) is 0 Å². The summed E-state index contributed by atoms with van der Waals surface area (Å²) >= 11 is 3.35. The maximum Gasteiger partial charge on any atom is 0.0968 e. The number of hydrogen-bond donors (Lipinski definition) is 1. The maximum atomic E-state index is 9.40. The van der Waals surface area contributed by atoms with E-state index >= 15 is 0 Å². The van der Waals surface area contributed by atoms with Crippen molar-refractivity contribution in [1.29, 1.82) is 0 Å². The average molecular weight is 249 g/mol. The predicted molar refractivity (Wildman–Crippen MR) is 52.5 cm³/mol. The lowest BCUT2D eigenvalue weighted by atomic mass is 10.4. The Morgan fingerprint density at radius 3 is 2.92 bits per heavy atom. The van der Waals surface area contributed by atoms with Crippen LogP contribution in [0.5, 0.6) is 0 Å². The highest BCUT2D eigenvalue weighted by atomic mass is 79.9. The van der Waals surface area contributed by atoms with Gasteiger partial charge in [0.2, 0.25) is 0 Å². The summed E-state index contributed by atoms with van der Waals surface area (Å²) in [5, 5.41) is 13.6. The quantitative estimate of drug-likeness (QED) is 0.864. The lowest BCUT2D eigenvalue weighted by Crippen LogP contribution is -2.21. The summed E-state index contributed by atoms with van der Waals surface area (Å²) in [4.78, 5) is 0. The Bertz CT molecular complexity index is 256. The molecule has 0 aromatic carbocycles. The van der Waals surface area contributed by atoms with E-state index < -0.39 is 6.10 Å². The van der Waals surface area contributed by atoms with Gasteiger partial charge in [-0.2, -0.15) is 5.10 Å². The molecule has 0 radical (unpaired) electrons. The number of ether oxygens (including phenoxy) is 1. The highest BCUT2D eigenvalue weighted by Crippen LogP contribution is 2.13. The lowest BCUT2D eigenvalue weighted by molar-refractivity contribution is 0.0513. The number of aromatic nitrogens is 2. The monoisotopic (exact) mass is 248 g/mol. The standard InChI is InChI=1S/C8H13BrN2O2/c1-6-8(9)4-11(10-6)3-7(12)5-13-2/h4,7,12H,3,5H2,1-2H3/t7-/m1/s1. The van der Waals surface area contributed by atoms with Gasteiger partial charge in [0.05, 0.1) is 29.4 Å². The molecule has 0 amide bonds. The van der Waals surface area contributed by atoms with Gasteiger partial charge in [0.15, 0.2) is 0 Å². The van der Waals surface area contributed by atoms with Gasteiger partial charge in [-0.05, 0) is 22.9 Å². The minimum atomic E-state index is -0.504. The third-order valence-electron chi connectivity index (χ3n) is 1.64. The van der Waals surface area contributed by atoms with Gasteiger partial charge in [0.1, 0.15) is 0 Å². The van der Waals surface area contributed by atoms with Crippen LogP contribution in [0.2, 0.25) is 0 Å². The normalized spacial score (nSPS) is 13.2. The van der Waals surface area contributed by atoms with Gasteiger partial charge in [0.25, 0.3) is 0 Å². The number of nitrogens with zero attached hydrogens (tertiary/aromatic N) is 2. The Kier molecular flexibility index (Phi) is 3.90. The van der Waals surface area contributed by atoms with E-state index in [-0.39, 0.29) is 0 Å². The summed E-state index contributed by atoms with van der Waals surface area (Å²) in [7, 11) is 1.56. The van der Waals surface area contributed by atoms with E-state index in [2.05, 4.69) is 21.0 Å². The molecule has 0 spiro atoms. The molecule has 0 saturated heterocycles. The van der Waals surface area contributed by atoms with Crippen LogP contribution in [-0.2, 0) is 11.3 Å². The Labute approximate surface area is 85.6 Å². The van der Waals surface area contributed by atoms with Gasteiger partial charge in [-0.25, -0.2) is 0 Å². The van der Waals surface area contributed by atoms with Crippen LogP contribution < -0.4 is 0 Å². The summed E-state index contributed by atoms with van der Waals surface area (Å²) in [6.07, 6.45) is 1.34. The molecule has 0 aliphatic rings. The molecule has 5 heteroatoms. The molecule has 1 atom stereocenters. The van der Waals surface area contributed by atoms with E-state index in [1.54, 1.807) is 11.8 Å². The molecule has 1 rings (SSSR count). The molecule has 0 unspecified atom stereocenters. The number of aliphatic hydroxyl groups excluding tert-OH is 1. The van der Waals surface area contributed by atoms with Gasteiger partial charge in [-0.15, -0.1) is 0 Å². The van der Waals surface area contributed by atoms with E-state index in [0.717, 1.165) is 10.2 Å². The first-order valence-electron chi connectivity index (χ1n) is 4.00. The maximum absolute atomic E-state index is 9.40. The van der Waals surface area contributed by atoms with Crippen LogP contribution in [0, 0.1) is 6.92 Å². The minimum absolute atomic E-state index is 0.330. The number of aliphatic hydroxyl groups is 1. The van der Waals surface area contributed by atoms with Crippen LogP contribution in [0.25, 0.3) is 0 Å². The average Bonchev–Trinajstić information content (AvgIpc) is 2.31.